The number of rotatable bonds is 10. The van der Waals surface area contributed by atoms with Crippen LogP contribution in [0, 0.1) is 5.82 Å². The second-order valence-electron chi connectivity index (χ2n) is 9.96. The van der Waals surface area contributed by atoms with Crippen molar-refractivity contribution in [1.82, 2.24) is 29.8 Å². The topological polar surface area (TPSA) is 128 Å². The van der Waals surface area contributed by atoms with Crippen molar-refractivity contribution in [3.8, 4) is 33.7 Å². The molecule has 1 saturated heterocycles. The maximum Gasteiger partial charge on any atom is 0.279 e. The van der Waals surface area contributed by atoms with E-state index in [-0.39, 0.29) is 23.4 Å². The van der Waals surface area contributed by atoms with E-state index in [4.69, 9.17) is 14.2 Å². The molecule has 0 bridgehead atoms. The third kappa shape index (κ3) is 5.92. The molecule has 5 aromatic rings. The van der Waals surface area contributed by atoms with Gasteiger partial charge in [0.15, 0.2) is 11.5 Å². The molecule has 0 unspecified atom stereocenters. The van der Waals surface area contributed by atoms with Gasteiger partial charge in [-0.25, -0.2) is 29.3 Å². The molecule has 1 aliphatic rings. The summed E-state index contributed by atoms with van der Waals surface area (Å²) >= 11 is 1.28. The largest absolute Gasteiger partial charge is 0.493 e. The van der Waals surface area contributed by atoms with Gasteiger partial charge in [0.1, 0.15) is 29.8 Å². The van der Waals surface area contributed by atoms with Gasteiger partial charge in [-0.3, -0.25) is 4.79 Å². The summed E-state index contributed by atoms with van der Waals surface area (Å²) < 4.78 is 32.7. The Hall–Kier alpha value is -5.37. The molecule has 0 atom stereocenters. The summed E-state index contributed by atoms with van der Waals surface area (Å²) in [5.41, 5.74) is 2.16. The summed E-state index contributed by atoms with van der Waals surface area (Å²) in [6.45, 7) is 4.38. The SMILES string of the molecule is C=CC(=O)N1CC(Oc2cc3c(Nc4ccc(Oc5nc(-c6cnc(N(C)C)nc6)cs5)cc4F)ncnc3cc2OC)C1. The predicted molar refractivity (Wildman–Crippen MR) is 165 cm³/mol. The Kier molecular flexibility index (Phi) is 7.89. The molecule has 1 amide bonds. The van der Waals surface area contributed by atoms with Crippen molar-refractivity contribution in [3.05, 3.63) is 72.9 Å². The van der Waals surface area contributed by atoms with Gasteiger partial charge in [-0.2, -0.15) is 0 Å². The number of benzene rings is 2. The highest BCUT2D eigenvalue weighted by atomic mass is 32.1. The monoisotopic (exact) mass is 614 g/mol. The highest BCUT2D eigenvalue weighted by molar-refractivity contribution is 7.11. The first-order chi connectivity index (χ1) is 21.3. The quantitative estimate of drug-likeness (QED) is 0.212. The number of ether oxygens (including phenoxy) is 3. The lowest BCUT2D eigenvalue weighted by Gasteiger charge is -2.38. The van der Waals surface area contributed by atoms with E-state index < -0.39 is 5.82 Å². The Morgan fingerprint density at radius 3 is 2.64 bits per heavy atom. The van der Waals surface area contributed by atoms with Crippen molar-refractivity contribution < 1.29 is 23.4 Å². The summed E-state index contributed by atoms with van der Waals surface area (Å²) in [4.78, 5) is 37.0. The van der Waals surface area contributed by atoms with Crippen LogP contribution in [0.25, 0.3) is 22.2 Å². The number of nitrogens with one attached hydrogen (secondary N) is 1. The van der Waals surface area contributed by atoms with Gasteiger partial charge in [-0.05, 0) is 24.3 Å². The lowest BCUT2D eigenvalue weighted by atomic mass is 10.1. The van der Waals surface area contributed by atoms with Gasteiger partial charge in [0, 0.05) is 55.0 Å². The number of nitrogens with zero attached hydrogens (tertiary/aromatic N) is 7. The summed E-state index contributed by atoms with van der Waals surface area (Å²) in [5, 5.41) is 5.82. The molecular weight excluding hydrogens is 587 g/mol. The van der Waals surface area contributed by atoms with Gasteiger partial charge in [0.2, 0.25) is 11.9 Å². The molecule has 1 fully saturated rings. The number of thiazole rings is 1. The third-order valence-corrected chi connectivity index (χ3v) is 7.48. The number of carbonyl (C=O) groups excluding carboxylic acids is 1. The van der Waals surface area contributed by atoms with Crippen molar-refractivity contribution in [2.75, 3.05) is 44.5 Å². The third-order valence-electron chi connectivity index (χ3n) is 6.76. The van der Waals surface area contributed by atoms with E-state index >= 15 is 4.39 Å². The van der Waals surface area contributed by atoms with Crippen LogP contribution in [0.1, 0.15) is 0 Å². The summed E-state index contributed by atoms with van der Waals surface area (Å²) in [6, 6.07) is 7.92. The average Bonchev–Trinajstić information content (AvgIpc) is 3.48. The van der Waals surface area contributed by atoms with Crippen LogP contribution in [0.2, 0.25) is 0 Å². The standard InChI is InChI=1S/C30H27FN8O4S/c1-5-27(40)39-13-19(14-39)42-26-9-20-23(10-25(26)41-4)34-16-35-28(20)36-22-7-6-18(8-21(22)31)43-30-37-24(15-44-30)17-11-32-29(33-12-17)38(2)3/h5-12,15-16,19H,1,13-14H2,2-4H3,(H,34,35,36). The van der Waals surface area contributed by atoms with E-state index in [0.717, 1.165) is 5.56 Å². The average molecular weight is 615 g/mol. The van der Waals surface area contributed by atoms with Gasteiger partial charge < -0.3 is 29.3 Å². The second kappa shape index (κ2) is 12.1. The molecule has 44 heavy (non-hydrogen) atoms. The van der Waals surface area contributed by atoms with Crippen LogP contribution in [0.3, 0.4) is 0 Å². The predicted octanol–water partition coefficient (Wildman–Crippen LogP) is 5.07. The van der Waals surface area contributed by atoms with Crippen LogP contribution < -0.4 is 24.4 Å². The van der Waals surface area contributed by atoms with Gasteiger partial charge in [0.05, 0.1) is 37.1 Å². The molecule has 3 aromatic heterocycles. The van der Waals surface area contributed by atoms with Crippen molar-refractivity contribution in [1.29, 1.82) is 0 Å². The highest BCUT2D eigenvalue weighted by Gasteiger charge is 2.31. The minimum Gasteiger partial charge on any atom is -0.493 e. The molecule has 2 aromatic carbocycles. The van der Waals surface area contributed by atoms with Gasteiger partial charge >= 0.3 is 0 Å². The number of hydrogen-bond acceptors (Lipinski definition) is 12. The molecule has 0 aliphatic carbocycles. The Morgan fingerprint density at radius 1 is 1.14 bits per heavy atom. The molecule has 4 heterocycles. The Morgan fingerprint density at radius 2 is 1.93 bits per heavy atom. The maximum absolute atomic E-state index is 15.3. The molecular formula is C30H27FN8O4S. The van der Waals surface area contributed by atoms with E-state index in [1.807, 2.05) is 24.4 Å². The number of anilines is 3. The number of halogens is 1. The molecule has 1 aliphatic heterocycles. The Labute approximate surface area is 255 Å². The van der Waals surface area contributed by atoms with E-state index in [2.05, 4.69) is 36.8 Å². The number of aromatic nitrogens is 5. The van der Waals surface area contributed by atoms with E-state index in [0.29, 0.717) is 58.1 Å². The van der Waals surface area contributed by atoms with Gasteiger partial charge in [-0.1, -0.05) is 17.9 Å². The van der Waals surface area contributed by atoms with Crippen molar-refractivity contribution in [3.63, 3.8) is 0 Å². The van der Waals surface area contributed by atoms with Gasteiger partial charge in [0.25, 0.3) is 5.19 Å². The summed E-state index contributed by atoms with van der Waals surface area (Å²) in [6.07, 6.45) is 5.83. The van der Waals surface area contributed by atoms with Crippen LogP contribution in [0.4, 0.5) is 21.8 Å². The lowest BCUT2D eigenvalue weighted by molar-refractivity contribution is -0.134. The molecule has 0 spiro atoms. The number of carbonyl (C=O) groups is 1. The first-order valence-corrected chi connectivity index (χ1v) is 14.3. The van der Waals surface area contributed by atoms with Crippen LogP contribution in [0.15, 0.2) is 67.1 Å². The molecule has 6 rings (SSSR count). The number of likely N-dealkylation sites (tertiary alicyclic amines) is 1. The first-order valence-electron chi connectivity index (χ1n) is 13.4. The minimum absolute atomic E-state index is 0.147. The fourth-order valence-corrected chi connectivity index (χ4v) is 5.12. The lowest BCUT2D eigenvalue weighted by Crippen LogP contribution is -2.55. The fourth-order valence-electron chi connectivity index (χ4n) is 4.43. The number of amides is 1. The molecule has 14 heteroatoms. The van der Waals surface area contributed by atoms with E-state index in [1.165, 1.54) is 36.9 Å². The summed E-state index contributed by atoms with van der Waals surface area (Å²) in [7, 11) is 5.26. The second-order valence-corrected chi connectivity index (χ2v) is 10.8. The zero-order valence-electron chi connectivity index (χ0n) is 24.0. The number of methoxy groups -OCH3 is 1. The zero-order chi connectivity index (χ0) is 30.8. The van der Waals surface area contributed by atoms with Crippen molar-refractivity contribution in [2.24, 2.45) is 0 Å². The van der Waals surface area contributed by atoms with Crippen molar-refractivity contribution >= 4 is 45.6 Å². The number of fused-ring (bicyclic) bond motifs is 1. The Bertz CT molecular complexity index is 1840. The smallest absolute Gasteiger partial charge is 0.279 e. The molecule has 1 N–H and O–H groups in total. The number of hydrogen-bond donors (Lipinski definition) is 1. The van der Waals surface area contributed by atoms with Crippen LogP contribution in [-0.2, 0) is 4.79 Å². The molecule has 0 saturated carbocycles. The normalized spacial score (nSPS) is 12.9. The molecule has 12 nitrogen and oxygen atoms in total. The fraction of sp³-hybridized carbons (Fsp3) is 0.200. The van der Waals surface area contributed by atoms with Crippen LogP contribution in [0.5, 0.6) is 22.4 Å². The first kappa shape index (κ1) is 28.7. The van der Waals surface area contributed by atoms with Gasteiger partial charge in [-0.15, -0.1) is 0 Å². The summed E-state index contributed by atoms with van der Waals surface area (Å²) in [5.74, 6) is 1.49. The van der Waals surface area contributed by atoms with Crippen molar-refractivity contribution in [2.45, 2.75) is 6.10 Å². The Balaban J connectivity index is 1.17. The zero-order valence-corrected chi connectivity index (χ0v) is 24.8. The van der Waals surface area contributed by atoms with Crippen LogP contribution in [-0.4, -0.2) is 76.1 Å². The van der Waals surface area contributed by atoms with E-state index in [9.17, 15) is 4.79 Å². The maximum atomic E-state index is 15.3. The molecule has 224 valence electrons. The van der Waals surface area contributed by atoms with E-state index in [1.54, 1.807) is 41.6 Å². The van der Waals surface area contributed by atoms with Crippen LogP contribution >= 0.6 is 11.3 Å². The highest BCUT2D eigenvalue weighted by Crippen LogP contribution is 2.37. The molecule has 0 radical (unpaired) electrons. The minimum atomic E-state index is -0.551.